The average Bonchev–Trinajstić information content (AvgIpc) is 0.710. The topological polar surface area (TPSA) is 36.9 Å². The van der Waals surface area contributed by atoms with Crippen molar-refractivity contribution in [1.82, 2.24) is 0 Å². The second-order valence-electron chi connectivity index (χ2n) is 35.3. The van der Waals surface area contributed by atoms with E-state index in [2.05, 4.69) is 420 Å². The fourth-order valence-electron chi connectivity index (χ4n) is 18.9. The van der Waals surface area contributed by atoms with Crippen molar-refractivity contribution < 1.29 is 18.9 Å². The molecule has 22 rings (SSSR count). The monoisotopic (exact) mass is 1520 g/mol. The lowest BCUT2D eigenvalue weighted by molar-refractivity contribution is 0.464. The summed E-state index contributed by atoms with van der Waals surface area (Å²) >= 11 is 0. The number of rotatable bonds is 8. The number of para-hydroxylation sites is 4. The molecule has 0 aromatic heterocycles. The zero-order valence-corrected chi connectivity index (χ0v) is 67.9. The maximum atomic E-state index is 6.83. The van der Waals surface area contributed by atoms with Gasteiger partial charge in [-0.25, -0.2) is 0 Å². The highest BCUT2D eigenvalue weighted by Gasteiger charge is 2.42. The molecule has 18 aromatic rings. The molecule has 118 heavy (non-hydrogen) atoms. The van der Waals surface area contributed by atoms with Gasteiger partial charge in [-0.2, -0.15) is 0 Å². The fourth-order valence-corrected chi connectivity index (χ4v) is 18.9. The SMILES string of the molecule is CC(C)(C)c1cc(-c2cc(-c3cc4c5c(c3)Oc3ccccc3B5c3ccccc3O4)cc(-c3c4ccccc4c(-c4ccccc4)c4ccccc34)c2)cc(C(C)(C)C)c1.CC(C)(C)c1cccc(-c2cc(-c3cc4c5c(c3)Oc3ccccc3B5c3ccccc3O4)cc(-c3c4ccccc4c(-c4ccccc4)c4ccccc34)c2)c1. The van der Waals surface area contributed by atoms with E-state index in [1.807, 2.05) is 0 Å². The van der Waals surface area contributed by atoms with Crippen molar-refractivity contribution in [2.45, 2.75) is 78.6 Å². The summed E-state index contributed by atoms with van der Waals surface area (Å²) in [5.41, 5.74) is 29.5. The number of fused-ring (bicyclic) bond motifs is 12. The molecule has 4 aliphatic heterocycles. The van der Waals surface area contributed by atoms with E-state index >= 15 is 0 Å². The first-order chi connectivity index (χ1) is 57.4. The lowest BCUT2D eigenvalue weighted by Crippen LogP contribution is -2.57. The van der Waals surface area contributed by atoms with Crippen LogP contribution in [0.3, 0.4) is 0 Å². The predicted octanol–water partition coefficient (Wildman–Crippen LogP) is 26.7. The highest BCUT2D eigenvalue weighted by atomic mass is 16.5. The van der Waals surface area contributed by atoms with Crippen molar-refractivity contribution in [1.29, 1.82) is 0 Å². The first kappa shape index (κ1) is 72.1. The van der Waals surface area contributed by atoms with Crippen molar-refractivity contribution in [3.8, 4) is 135 Å². The normalized spacial score (nSPS) is 12.9. The Kier molecular flexibility index (Phi) is 17.1. The molecule has 0 N–H and O–H groups in total. The van der Waals surface area contributed by atoms with E-state index in [9.17, 15) is 0 Å². The Labute approximate surface area is 691 Å². The van der Waals surface area contributed by atoms with Gasteiger partial charge in [-0.1, -0.05) is 335 Å². The summed E-state index contributed by atoms with van der Waals surface area (Å²) in [4.78, 5) is 0. The molecule has 18 aromatic carbocycles. The van der Waals surface area contributed by atoms with E-state index in [-0.39, 0.29) is 29.7 Å². The minimum absolute atomic E-state index is 0.00901. The first-order valence-electron chi connectivity index (χ1n) is 41.4. The number of hydrogen-bond acceptors (Lipinski definition) is 4. The third kappa shape index (κ3) is 12.5. The predicted molar refractivity (Wildman–Crippen MR) is 498 cm³/mol. The van der Waals surface area contributed by atoms with Crippen molar-refractivity contribution >= 4 is 89.3 Å². The fraction of sp³-hybridized carbons (Fsp3) is 0.107. The number of ether oxygens (including phenoxy) is 4. The second-order valence-corrected chi connectivity index (χ2v) is 35.3. The van der Waals surface area contributed by atoms with Crippen LogP contribution >= 0.6 is 0 Å². The van der Waals surface area contributed by atoms with Crippen LogP contribution in [-0.2, 0) is 16.2 Å². The third-order valence-corrected chi connectivity index (χ3v) is 24.7. The van der Waals surface area contributed by atoms with Crippen LogP contribution in [0.2, 0.25) is 0 Å². The lowest BCUT2D eigenvalue weighted by Gasteiger charge is -2.33. The van der Waals surface area contributed by atoms with Crippen LogP contribution in [0.4, 0.5) is 0 Å². The maximum Gasteiger partial charge on any atom is 0.260 e. The van der Waals surface area contributed by atoms with Gasteiger partial charge in [-0.3, -0.25) is 0 Å². The molecule has 6 heteroatoms. The summed E-state index contributed by atoms with van der Waals surface area (Å²) in [5, 5.41) is 9.86. The van der Waals surface area contributed by atoms with Crippen LogP contribution in [0.1, 0.15) is 79.0 Å². The Morgan fingerprint density at radius 3 is 0.703 bits per heavy atom. The van der Waals surface area contributed by atoms with Gasteiger partial charge < -0.3 is 18.9 Å². The molecule has 0 saturated heterocycles. The smallest absolute Gasteiger partial charge is 0.260 e. The quantitative estimate of drug-likeness (QED) is 0.112. The molecule has 4 aliphatic rings. The van der Waals surface area contributed by atoms with Gasteiger partial charge in [0.2, 0.25) is 0 Å². The summed E-state index contributed by atoms with van der Waals surface area (Å²) in [6.45, 7) is 20.8. The van der Waals surface area contributed by atoms with Crippen LogP contribution in [0.15, 0.2) is 358 Å². The van der Waals surface area contributed by atoms with E-state index in [1.165, 1.54) is 115 Å². The Bertz CT molecular complexity index is 6850. The Hall–Kier alpha value is -13.7. The zero-order valence-electron chi connectivity index (χ0n) is 67.9. The third-order valence-electron chi connectivity index (χ3n) is 24.7. The molecule has 564 valence electrons. The van der Waals surface area contributed by atoms with Crippen molar-refractivity contribution in [2.24, 2.45) is 0 Å². The standard InChI is InChI=1S/C58H47BO2.C54H39BO2/c1-57(2,3)42-31-39(32-43(35-42)58(4,5)6)37-28-38(40-33-52-56-53(34-40)61-51-27-17-15-25-49(51)59(56)48-24-14-16-26-50(48)60-52)30-41(29-37)55-46-22-12-10-20-44(46)54(36-18-8-7-9-19-36)45-21-11-13-23-47(45)55;1-54(2,3)40-19-15-18-35(31-40)36-28-37(38-32-49-53-50(33-38)57-48-27-14-12-25-46(48)55(53)45-24-11-13-26-47(45)56-49)30-39(29-36)52-43-22-9-7-20-41(43)51(34-16-5-4-6-17-34)42-21-8-10-23-44(42)52/h7-35H,1-6H3;4-33H,1-3H3. The maximum absolute atomic E-state index is 6.83. The molecule has 4 heterocycles. The number of hydrogen-bond donors (Lipinski definition) is 0. The van der Waals surface area contributed by atoms with Crippen molar-refractivity contribution in [3.63, 3.8) is 0 Å². The lowest BCUT2D eigenvalue weighted by atomic mass is 9.35. The molecule has 0 radical (unpaired) electrons. The molecule has 0 spiro atoms. The molecule has 0 amide bonds. The van der Waals surface area contributed by atoms with E-state index in [0.717, 1.165) is 112 Å². The molecular formula is C112H86B2O4. The van der Waals surface area contributed by atoms with Crippen LogP contribution in [0, 0.1) is 0 Å². The highest BCUT2D eigenvalue weighted by Crippen LogP contribution is 2.51. The van der Waals surface area contributed by atoms with E-state index in [1.54, 1.807) is 0 Å². The van der Waals surface area contributed by atoms with Gasteiger partial charge in [0.15, 0.2) is 0 Å². The molecule has 0 aliphatic carbocycles. The molecule has 4 nitrogen and oxygen atoms in total. The van der Waals surface area contributed by atoms with Crippen LogP contribution in [-0.4, -0.2) is 13.4 Å². The van der Waals surface area contributed by atoms with Crippen LogP contribution < -0.4 is 51.7 Å². The van der Waals surface area contributed by atoms with E-state index < -0.39 is 0 Å². The van der Waals surface area contributed by atoms with Gasteiger partial charge in [0.05, 0.1) is 0 Å². The summed E-state index contributed by atoms with van der Waals surface area (Å²) in [7, 11) is 0. The Morgan fingerprint density at radius 2 is 0.398 bits per heavy atom. The highest BCUT2D eigenvalue weighted by molar-refractivity contribution is 6.99. The summed E-state index contributed by atoms with van der Waals surface area (Å²) in [5.74, 6) is 6.91. The van der Waals surface area contributed by atoms with E-state index in [0.29, 0.717) is 0 Å². The summed E-state index contributed by atoms with van der Waals surface area (Å²) in [6.07, 6.45) is 0. The Morgan fingerprint density at radius 1 is 0.169 bits per heavy atom. The van der Waals surface area contributed by atoms with Crippen LogP contribution in [0.25, 0.3) is 132 Å². The molecule has 0 unspecified atom stereocenters. The van der Waals surface area contributed by atoms with Crippen LogP contribution in [0.5, 0.6) is 46.0 Å². The second kappa shape index (κ2) is 28.1. The van der Waals surface area contributed by atoms with Gasteiger partial charge in [0.25, 0.3) is 13.4 Å². The van der Waals surface area contributed by atoms with Crippen molar-refractivity contribution in [3.05, 3.63) is 375 Å². The summed E-state index contributed by atoms with van der Waals surface area (Å²) < 4.78 is 27.2. The molecule has 0 bridgehead atoms. The van der Waals surface area contributed by atoms with Gasteiger partial charge in [-0.05, 0) is 272 Å². The minimum Gasteiger partial charge on any atom is -0.458 e. The zero-order chi connectivity index (χ0) is 79.9. The van der Waals surface area contributed by atoms with Gasteiger partial charge in [-0.15, -0.1) is 0 Å². The average molecular weight is 1520 g/mol. The van der Waals surface area contributed by atoms with E-state index in [4.69, 9.17) is 18.9 Å². The number of benzene rings is 18. The molecular weight excluding hydrogens is 1430 g/mol. The van der Waals surface area contributed by atoms with Gasteiger partial charge in [0, 0.05) is 10.9 Å². The largest absolute Gasteiger partial charge is 0.458 e. The molecule has 0 fully saturated rings. The van der Waals surface area contributed by atoms with Gasteiger partial charge in [0.1, 0.15) is 46.0 Å². The first-order valence-corrected chi connectivity index (χ1v) is 41.4. The van der Waals surface area contributed by atoms with Crippen molar-refractivity contribution in [2.75, 3.05) is 0 Å². The minimum atomic E-state index is -0.0327. The molecule has 0 atom stereocenters. The summed E-state index contributed by atoms with van der Waals surface area (Å²) in [6, 6.07) is 130. The molecule has 0 saturated carbocycles. The van der Waals surface area contributed by atoms with Gasteiger partial charge >= 0.3 is 0 Å². The Balaban J connectivity index is 0.000000147.